The predicted molar refractivity (Wildman–Crippen MR) is 115 cm³/mol. The van der Waals surface area contributed by atoms with Crippen LogP contribution in [0.2, 0.25) is 0 Å². The summed E-state index contributed by atoms with van der Waals surface area (Å²) in [5, 5.41) is 0. The van der Waals surface area contributed by atoms with Crippen LogP contribution in [-0.2, 0) is 15.7 Å². The second-order valence-corrected chi connectivity index (χ2v) is 14.4. The molecule has 1 aromatic rings. The Hall–Kier alpha value is -0.530. The number of rotatable bonds is 5. The van der Waals surface area contributed by atoms with E-state index in [1.807, 2.05) is 20.8 Å². The Morgan fingerprint density at radius 3 is 1.50 bits per heavy atom. The van der Waals surface area contributed by atoms with Gasteiger partial charge in [-0.1, -0.05) is 0 Å². The SMILES string of the molecule is Cc1cc(C)c(I(OC(=O)C23CC(Cl)(C2)C3)OC(=O)C23CC(Cl)(C2)C3)c(C)c1. The van der Waals surface area contributed by atoms with Crippen LogP contribution >= 0.6 is 43.9 Å². The predicted octanol–water partition coefficient (Wildman–Crippen LogP) is 5.53. The molecule has 4 nitrogen and oxygen atoms in total. The Labute approximate surface area is 183 Å². The summed E-state index contributed by atoms with van der Waals surface area (Å²) in [5.74, 6) is -0.474. The summed E-state index contributed by atoms with van der Waals surface area (Å²) in [4.78, 5) is 25.4. The summed E-state index contributed by atoms with van der Waals surface area (Å²) in [7, 11) is 0. The fourth-order valence-electron chi connectivity index (χ4n) is 5.55. The number of alkyl halides is 2. The van der Waals surface area contributed by atoms with Crippen molar-refractivity contribution in [2.45, 2.75) is 69.0 Å². The van der Waals surface area contributed by atoms with Gasteiger partial charge in [0.2, 0.25) is 0 Å². The van der Waals surface area contributed by atoms with E-state index in [9.17, 15) is 9.59 Å². The third kappa shape index (κ3) is 2.68. The summed E-state index contributed by atoms with van der Waals surface area (Å²) in [6.07, 6.45) is 4.02. The normalized spacial score (nSPS) is 39.5. The summed E-state index contributed by atoms with van der Waals surface area (Å²) in [6, 6.07) is 4.11. The fraction of sp³-hybridized carbons (Fsp3) is 0.619. The molecule has 6 aliphatic carbocycles. The number of halogens is 3. The van der Waals surface area contributed by atoms with Gasteiger partial charge in [-0.3, -0.25) is 0 Å². The Kier molecular flexibility index (Phi) is 4.02. The van der Waals surface area contributed by atoms with E-state index in [-0.39, 0.29) is 21.7 Å². The molecule has 0 aliphatic heterocycles. The topological polar surface area (TPSA) is 52.6 Å². The van der Waals surface area contributed by atoms with Gasteiger partial charge in [0.1, 0.15) is 0 Å². The van der Waals surface area contributed by atoms with E-state index < -0.39 is 31.5 Å². The maximum absolute atomic E-state index is 12.9. The van der Waals surface area contributed by atoms with Crippen molar-refractivity contribution in [3.63, 3.8) is 0 Å². The molecule has 7 rings (SSSR count). The average molecular weight is 537 g/mol. The third-order valence-electron chi connectivity index (χ3n) is 6.81. The van der Waals surface area contributed by atoms with Gasteiger partial charge in [-0.05, 0) is 0 Å². The van der Waals surface area contributed by atoms with Gasteiger partial charge in [-0.2, -0.15) is 0 Å². The van der Waals surface area contributed by atoms with Crippen molar-refractivity contribution < 1.29 is 15.7 Å². The molecule has 0 N–H and O–H groups in total. The molecule has 6 fully saturated rings. The minimum atomic E-state index is -2.97. The second-order valence-electron chi connectivity index (χ2n) is 9.58. The van der Waals surface area contributed by atoms with Crippen LogP contribution in [0, 0.1) is 35.2 Å². The van der Waals surface area contributed by atoms with E-state index in [1.165, 1.54) is 0 Å². The molecule has 28 heavy (non-hydrogen) atoms. The number of carbonyl (C=O) groups is 2. The molecule has 0 heterocycles. The molecule has 6 aliphatic rings. The molecule has 0 amide bonds. The molecule has 0 unspecified atom stereocenters. The van der Waals surface area contributed by atoms with E-state index >= 15 is 0 Å². The first-order valence-electron chi connectivity index (χ1n) is 9.59. The maximum atomic E-state index is 12.9. The summed E-state index contributed by atoms with van der Waals surface area (Å²) >= 11 is 9.67. The first-order chi connectivity index (χ1) is 13.0. The molecule has 0 saturated heterocycles. The molecule has 152 valence electrons. The van der Waals surface area contributed by atoms with Gasteiger partial charge in [-0.15, -0.1) is 0 Å². The van der Waals surface area contributed by atoms with Crippen LogP contribution in [0.4, 0.5) is 0 Å². The number of carbonyl (C=O) groups excluding carboxylic acids is 2. The van der Waals surface area contributed by atoms with Crippen molar-refractivity contribution in [1.82, 2.24) is 0 Å². The van der Waals surface area contributed by atoms with Crippen molar-refractivity contribution in [3.8, 4) is 0 Å². The van der Waals surface area contributed by atoms with Crippen molar-refractivity contribution in [2.24, 2.45) is 10.8 Å². The number of benzene rings is 1. The summed E-state index contributed by atoms with van der Waals surface area (Å²) < 4.78 is 12.9. The molecule has 6 saturated carbocycles. The number of aryl methyl sites for hydroxylation is 3. The minimum absolute atomic E-state index is 0.203. The van der Waals surface area contributed by atoms with E-state index in [1.54, 1.807) is 0 Å². The zero-order valence-electron chi connectivity index (χ0n) is 16.2. The van der Waals surface area contributed by atoms with E-state index in [0.717, 1.165) is 20.3 Å². The van der Waals surface area contributed by atoms with Crippen LogP contribution in [0.5, 0.6) is 0 Å². The standard InChI is InChI=1S/C21H23Cl2IO4/c1-12-4-13(2)15(14(3)5-12)24(27-16(25)18-6-20(22,7-18)8-18)28-17(26)19-9-21(23,10-19)11-19/h4-5H,6-11H2,1-3H3. The van der Waals surface area contributed by atoms with E-state index in [2.05, 4.69) is 12.1 Å². The first-order valence-corrected chi connectivity index (χ1v) is 13.2. The molecule has 0 aromatic heterocycles. The Bertz CT molecular complexity index is 818. The second kappa shape index (κ2) is 5.79. The Morgan fingerprint density at radius 1 is 0.821 bits per heavy atom. The molecule has 4 bridgehead atoms. The molecule has 0 atom stereocenters. The summed E-state index contributed by atoms with van der Waals surface area (Å²) in [6.45, 7) is 6.01. The zero-order chi connectivity index (χ0) is 20.1. The zero-order valence-corrected chi connectivity index (χ0v) is 19.8. The van der Waals surface area contributed by atoms with Gasteiger partial charge < -0.3 is 0 Å². The van der Waals surface area contributed by atoms with Gasteiger partial charge in [0.15, 0.2) is 0 Å². The summed E-state index contributed by atoms with van der Waals surface area (Å²) in [5.41, 5.74) is 2.27. The van der Waals surface area contributed by atoms with Crippen LogP contribution in [0.1, 0.15) is 55.2 Å². The van der Waals surface area contributed by atoms with Crippen molar-refractivity contribution in [3.05, 3.63) is 32.4 Å². The van der Waals surface area contributed by atoms with Crippen LogP contribution < -0.4 is 0 Å². The molecule has 0 spiro atoms. The number of hydrogen-bond acceptors (Lipinski definition) is 4. The quantitative estimate of drug-likeness (QED) is 0.367. The van der Waals surface area contributed by atoms with Crippen LogP contribution in [0.3, 0.4) is 0 Å². The molecular weight excluding hydrogens is 514 g/mol. The number of hydrogen-bond donors (Lipinski definition) is 0. The molecular formula is C21H23Cl2IO4. The Morgan fingerprint density at radius 2 is 1.18 bits per heavy atom. The van der Waals surface area contributed by atoms with Gasteiger partial charge >= 0.3 is 184 Å². The van der Waals surface area contributed by atoms with Crippen LogP contribution in [0.15, 0.2) is 12.1 Å². The van der Waals surface area contributed by atoms with Crippen LogP contribution in [0.25, 0.3) is 0 Å². The average Bonchev–Trinajstić information content (AvgIpc) is 2.45. The fourth-order valence-corrected chi connectivity index (χ4v) is 11.0. The van der Waals surface area contributed by atoms with Gasteiger partial charge in [0.25, 0.3) is 0 Å². The third-order valence-corrected chi connectivity index (χ3v) is 11.8. The van der Waals surface area contributed by atoms with E-state index in [4.69, 9.17) is 29.3 Å². The van der Waals surface area contributed by atoms with Crippen molar-refractivity contribution >= 4 is 55.8 Å². The molecule has 7 heteroatoms. The van der Waals surface area contributed by atoms with Crippen molar-refractivity contribution in [2.75, 3.05) is 0 Å². The van der Waals surface area contributed by atoms with Gasteiger partial charge in [-0.25, -0.2) is 0 Å². The Balaban J connectivity index is 1.40. The van der Waals surface area contributed by atoms with Crippen LogP contribution in [-0.4, -0.2) is 21.7 Å². The van der Waals surface area contributed by atoms with Gasteiger partial charge in [0, 0.05) is 0 Å². The first kappa shape index (κ1) is 19.4. The van der Waals surface area contributed by atoms with Gasteiger partial charge in [0.05, 0.1) is 0 Å². The molecule has 0 radical (unpaired) electrons. The molecule has 1 aromatic carbocycles. The monoisotopic (exact) mass is 536 g/mol. The van der Waals surface area contributed by atoms with E-state index in [0.29, 0.717) is 38.5 Å². The van der Waals surface area contributed by atoms with Crippen molar-refractivity contribution in [1.29, 1.82) is 0 Å².